The minimum absolute atomic E-state index is 0.206. The molecule has 2 aromatic rings. The molecule has 4 N–H and O–H groups in total. The second kappa shape index (κ2) is 8.14. The zero-order valence-corrected chi connectivity index (χ0v) is 14.0. The van der Waals surface area contributed by atoms with E-state index in [1.165, 1.54) is 0 Å². The van der Waals surface area contributed by atoms with Gasteiger partial charge in [-0.2, -0.15) is 5.10 Å². The lowest BCUT2D eigenvalue weighted by Gasteiger charge is -2.09. The van der Waals surface area contributed by atoms with Gasteiger partial charge in [0.05, 0.1) is 5.69 Å². The van der Waals surface area contributed by atoms with Crippen LogP contribution in [-0.2, 0) is 0 Å². The molecule has 0 saturated carbocycles. The van der Waals surface area contributed by atoms with Crippen LogP contribution in [0.25, 0.3) is 5.69 Å². The Bertz CT molecular complexity index is 691. The van der Waals surface area contributed by atoms with Gasteiger partial charge in [0.2, 0.25) is 0 Å². The van der Waals surface area contributed by atoms with Gasteiger partial charge in [0.15, 0.2) is 0 Å². The van der Waals surface area contributed by atoms with E-state index < -0.39 is 5.91 Å². The van der Waals surface area contributed by atoms with Gasteiger partial charge < -0.3 is 16.4 Å². The van der Waals surface area contributed by atoms with E-state index in [1.54, 1.807) is 41.2 Å². The lowest BCUT2D eigenvalue weighted by Crippen LogP contribution is -2.29. The normalized spacial score (nSPS) is 10.6. The molecule has 128 valence electrons. The molecule has 0 aliphatic heterocycles. The van der Waals surface area contributed by atoms with Crippen molar-refractivity contribution >= 4 is 17.6 Å². The molecule has 1 aromatic carbocycles. The van der Waals surface area contributed by atoms with E-state index >= 15 is 0 Å². The Morgan fingerprint density at radius 3 is 2.50 bits per heavy atom. The van der Waals surface area contributed by atoms with Crippen molar-refractivity contribution in [3.05, 3.63) is 42.2 Å². The molecular weight excluding hydrogens is 306 g/mol. The molecule has 0 bridgehead atoms. The average Bonchev–Trinajstić information content (AvgIpc) is 3.02. The number of anilines is 1. The molecule has 0 saturated heterocycles. The zero-order chi connectivity index (χ0) is 17.5. The highest BCUT2D eigenvalue weighted by Crippen LogP contribution is 2.13. The summed E-state index contributed by atoms with van der Waals surface area (Å²) in [6, 6.07) is 8.47. The van der Waals surface area contributed by atoms with Crippen LogP contribution in [-0.4, -0.2) is 28.3 Å². The molecule has 1 aromatic heterocycles. The second-order valence-electron chi connectivity index (χ2n) is 5.97. The van der Waals surface area contributed by atoms with Gasteiger partial charge >= 0.3 is 6.03 Å². The number of hydrogen-bond acceptors (Lipinski definition) is 3. The van der Waals surface area contributed by atoms with Crippen LogP contribution in [0.15, 0.2) is 36.5 Å². The quantitative estimate of drug-likeness (QED) is 0.680. The Labute approximate surface area is 141 Å². The smallest absolute Gasteiger partial charge is 0.319 e. The molecular formula is C17H23N5O2. The van der Waals surface area contributed by atoms with Gasteiger partial charge in [-0.1, -0.05) is 13.8 Å². The number of primary amides is 1. The SMILES string of the molecule is CC(C)CCCNC(=O)Nc1ccc(-n2ccc(C(N)=O)n2)cc1. The number of rotatable bonds is 7. The fraction of sp³-hybridized carbons (Fsp3) is 0.353. The predicted octanol–water partition coefficient (Wildman–Crippen LogP) is 2.53. The summed E-state index contributed by atoms with van der Waals surface area (Å²) >= 11 is 0. The third-order valence-electron chi connectivity index (χ3n) is 3.48. The van der Waals surface area contributed by atoms with E-state index in [2.05, 4.69) is 29.6 Å². The van der Waals surface area contributed by atoms with E-state index in [0.717, 1.165) is 18.5 Å². The maximum atomic E-state index is 11.8. The minimum atomic E-state index is -0.568. The Morgan fingerprint density at radius 2 is 1.92 bits per heavy atom. The zero-order valence-electron chi connectivity index (χ0n) is 14.0. The highest BCUT2D eigenvalue weighted by Gasteiger charge is 2.06. The number of nitrogens with two attached hydrogens (primary N) is 1. The molecule has 7 nitrogen and oxygen atoms in total. The van der Waals surface area contributed by atoms with Gasteiger partial charge in [-0.25, -0.2) is 9.48 Å². The molecule has 1 heterocycles. The van der Waals surface area contributed by atoms with Crippen molar-refractivity contribution in [2.24, 2.45) is 11.7 Å². The summed E-state index contributed by atoms with van der Waals surface area (Å²) in [5.41, 5.74) is 6.84. The van der Waals surface area contributed by atoms with Gasteiger partial charge in [0, 0.05) is 18.4 Å². The van der Waals surface area contributed by atoms with Crippen LogP contribution in [0.1, 0.15) is 37.2 Å². The number of nitrogens with zero attached hydrogens (tertiary/aromatic N) is 2. The average molecular weight is 329 g/mol. The summed E-state index contributed by atoms with van der Waals surface area (Å²) < 4.78 is 1.55. The van der Waals surface area contributed by atoms with Crippen molar-refractivity contribution in [1.29, 1.82) is 0 Å². The van der Waals surface area contributed by atoms with Gasteiger partial charge in [0.1, 0.15) is 5.69 Å². The maximum absolute atomic E-state index is 11.8. The van der Waals surface area contributed by atoms with Crippen molar-refractivity contribution in [1.82, 2.24) is 15.1 Å². The molecule has 2 rings (SSSR count). The van der Waals surface area contributed by atoms with Gasteiger partial charge in [-0.15, -0.1) is 0 Å². The van der Waals surface area contributed by atoms with E-state index in [4.69, 9.17) is 5.73 Å². The number of urea groups is 1. The van der Waals surface area contributed by atoms with Crippen molar-refractivity contribution in [3.63, 3.8) is 0 Å². The third-order valence-corrected chi connectivity index (χ3v) is 3.48. The summed E-state index contributed by atoms with van der Waals surface area (Å²) in [6.07, 6.45) is 3.71. The first-order valence-corrected chi connectivity index (χ1v) is 7.96. The molecule has 0 fully saturated rings. The van der Waals surface area contributed by atoms with Gasteiger partial charge in [-0.3, -0.25) is 4.79 Å². The Balaban J connectivity index is 1.87. The Morgan fingerprint density at radius 1 is 1.21 bits per heavy atom. The maximum Gasteiger partial charge on any atom is 0.319 e. The highest BCUT2D eigenvalue weighted by molar-refractivity contribution is 5.90. The van der Waals surface area contributed by atoms with E-state index in [0.29, 0.717) is 18.2 Å². The molecule has 0 unspecified atom stereocenters. The first kappa shape index (κ1) is 17.5. The van der Waals surface area contributed by atoms with E-state index in [1.807, 2.05) is 0 Å². The van der Waals surface area contributed by atoms with E-state index in [-0.39, 0.29) is 11.7 Å². The summed E-state index contributed by atoms with van der Waals surface area (Å²) in [6.45, 7) is 4.98. The molecule has 0 spiro atoms. The summed E-state index contributed by atoms with van der Waals surface area (Å²) in [5.74, 6) is 0.0703. The summed E-state index contributed by atoms with van der Waals surface area (Å²) in [4.78, 5) is 22.9. The van der Waals surface area contributed by atoms with Crippen molar-refractivity contribution in [3.8, 4) is 5.69 Å². The Hall–Kier alpha value is -2.83. The monoisotopic (exact) mass is 329 g/mol. The van der Waals surface area contributed by atoms with Gasteiger partial charge in [0.25, 0.3) is 5.91 Å². The van der Waals surface area contributed by atoms with Crippen LogP contribution in [0.2, 0.25) is 0 Å². The third kappa shape index (κ3) is 5.12. The molecule has 3 amide bonds. The number of amides is 3. The highest BCUT2D eigenvalue weighted by atomic mass is 16.2. The lowest BCUT2D eigenvalue weighted by molar-refractivity contribution is 0.0995. The molecule has 0 aliphatic carbocycles. The van der Waals surface area contributed by atoms with Crippen LogP contribution >= 0.6 is 0 Å². The number of aromatic nitrogens is 2. The van der Waals surface area contributed by atoms with Crippen molar-refractivity contribution < 1.29 is 9.59 Å². The summed E-state index contributed by atoms with van der Waals surface area (Å²) in [7, 11) is 0. The fourth-order valence-electron chi connectivity index (χ4n) is 2.18. The largest absolute Gasteiger partial charge is 0.364 e. The molecule has 7 heteroatoms. The fourth-order valence-corrected chi connectivity index (χ4v) is 2.18. The van der Waals surface area contributed by atoms with Crippen LogP contribution in [0.5, 0.6) is 0 Å². The molecule has 0 atom stereocenters. The predicted molar refractivity (Wildman–Crippen MR) is 93.2 cm³/mol. The molecule has 0 radical (unpaired) electrons. The van der Waals surface area contributed by atoms with Crippen LogP contribution in [0.4, 0.5) is 10.5 Å². The number of hydrogen-bond donors (Lipinski definition) is 3. The molecule has 0 aliphatic rings. The number of carbonyl (C=O) groups excluding carboxylic acids is 2. The first-order valence-electron chi connectivity index (χ1n) is 7.96. The molecule has 24 heavy (non-hydrogen) atoms. The second-order valence-corrected chi connectivity index (χ2v) is 5.97. The van der Waals surface area contributed by atoms with Crippen LogP contribution in [0, 0.1) is 5.92 Å². The standard InChI is InChI=1S/C17H23N5O2/c1-12(2)4-3-10-19-17(24)20-13-5-7-14(8-6-13)22-11-9-15(21-22)16(18)23/h5-9,11-12H,3-4,10H2,1-2H3,(H2,18,23)(H2,19,20,24). The lowest BCUT2D eigenvalue weighted by atomic mass is 10.1. The Kier molecular flexibility index (Phi) is 5.95. The first-order chi connectivity index (χ1) is 11.5. The summed E-state index contributed by atoms with van der Waals surface area (Å²) in [5, 5.41) is 9.69. The van der Waals surface area contributed by atoms with Crippen molar-refractivity contribution in [2.45, 2.75) is 26.7 Å². The topological polar surface area (TPSA) is 102 Å². The van der Waals surface area contributed by atoms with Crippen LogP contribution in [0.3, 0.4) is 0 Å². The number of carbonyl (C=O) groups is 2. The minimum Gasteiger partial charge on any atom is -0.364 e. The van der Waals surface area contributed by atoms with Crippen LogP contribution < -0.4 is 16.4 Å². The number of nitrogens with one attached hydrogen (secondary N) is 2. The van der Waals surface area contributed by atoms with E-state index in [9.17, 15) is 9.59 Å². The van der Waals surface area contributed by atoms with Crippen molar-refractivity contribution in [2.75, 3.05) is 11.9 Å². The number of benzene rings is 1. The van der Waals surface area contributed by atoms with Gasteiger partial charge in [-0.05, 0) is 49.1 Å².